The van der Waals surface area contributed by atoms with Crippen molar-refractivity contribution < 1.29 is 31.8 Å². The van der Waals surface area contributed by atoms with Gasteiger partial charge in [0.25, 0.3) is 5.89 Å². The van der Waals surface area contributed by atoms with Crippen LogP contribution in [0, 0.1) is 0 Å². The molecule has 2 aromatic rings. The van der Waals surface area contributed by atoms with E-state index in [1.165, 1.54) is 16.7 Å². The molecule has 1 fully saturated rings. The molecule has 0 saturated carbocycles. The molecule has 1 saturated heterocycles. The average Bonchev–Trinajstić information content (AvgIpc) is 3.39. The van der Waals surface area contributed by atoms with Crippen molar-refractivity contribution in [3.8, 4) is 17.1 Å². The van der Waals surface area contributed by atoms with Gasteiger partial charge in [-0.2, -0.15) is 18.2 Å². The van der Waals surface area contributed by atoms with E-state index >= 15 is 0 Å². The van der Waals surface area contributed by atoms with Crippen LogP contribution in [0.4, 0.5) is 13.2 Å². The zero-order valence-corrected chi connectivity index (χ0v) is 18.5. The maximum atomic E-state index is 13.7. The predicted molar refractivity (Wildman–Crippen MR) is 114 cm³/mol. The minimum Gasteiger partial charge on any atom is -0.493 e. The highest BCUT2D eigenvalue weighted by atomic mass is 19.4. The molecule has 0 radical (unpaired) electrons. The third-order valence-electron chi connectivity index (χ3n) is 5.52. The maximum Gasteiger partial charge on any atom is 0.419 e. The Morgan fingerprint density at radius 3 is 2.64 bits per heavy atom. The van der Waals surface area contributed by atoms with E-state index in [1.807, 2.05) is 0 Å². The number of ketones is 1. The molecule has 1 atom stereocenters. The van der Waals surface area contributed by atoms with Crippen LogP contribution >= 0.6 is 0 Å². The van der Waals surface area contributed by atoms with Gasteiger partial charge in [0.15, 0.2) is 5.78 Å². The lowest BCUT2D eigenvalue weighted by Crippen LogP contribution is -2.36. The Bertz CT molecular complexity index is 999. The average molecular weight is 469 g/mol. The van der Waals surface area contributed by atoms with E-state index in [4.69, 9.17) is 20.7 Å². The number of carbonyl (C=O) groups is 1. The number of ether oxygens (including phenoxy) is 1. The number of hydrogen-bond donors (Lipinski definition) is 2. The Labute approximate surface area is 189 Å². The third-order valence-corrected chi connectivity index (χ3v) is 5.52. The van der Waals surface area contributed by atoms with Gasteiger partial charge in [-0.05, 0) is 24.6 Å². The molecule has 1 aromatic carbocycles. The zero-order valence-electron chi connectivity index (χ0n) is 18.5. The number of hydrogen-bond acceptors (Lipinski definition) is 5. The SMILES string of the molecule is CCCCCCCCOc1ccc(-c2noc([C@@H]3C(=O)CC[N+]3=C(N)N)n2)cc1C(F)(F)F. The molecule has 1 aliphatic rings. The molecule has 3 rings (SSSR count). The quantitative estimate of drug-likeness (QED) is 0.309. The maximum absolute atomic E-state index is 13.7. The Morgan fingerprint density at radius 1 is 1.21 bits per heavy atom. The molecule has 11 heteroatoms. The van der Waals surface area contributed by atoms with Crippen molar-refractivity contribution in [1.29, 1.82) is 0 Å². The molecule has 8 nitrogen and oxygen atoms in total. The summed E-state index contributed by atoms with van der Waals surface area (Å²) in [6.07, 6.45) is 1.61. The van der Waals surface area contributed by atoms with Gasteiger partial charge in [-0.25, -0.2) is 4.58 Å². The minimum absolute atomic E-state index is 0.0714. The standard InChI is InChI=1S/C22H28F3N5O3/c1-2-3-4-5-6-7-12-32-17-9-8-14(13-15(17)22(23,24)25)19-28-20(33-29-19)18-16(31)10-11-30(18)21(26)27/h8-9,13,18H,2-7,10-12H2,1H3,(H3,26,27)/p+1/t18-/m0/s1. The lowest BCUT2D eigenvalue weighted by molar-refractivity contribution is -0.547. The highest BCUT2D eigenvalue weighted by Gasteiger charge is 2.39. The molecule has 2 heterocycles. The monoisotopic (exact) mass is 468 g/mol. The smallest absolute Gasteiger partial charge is 0.419 e. The van der Waals surface area contributed by atoms with Gasteiger partial charge in [0.1, 0.15) is 5.75 Å². The van der Waals surface area contributed by atoms with Gasteiger partial charge in [0.05, 0.1) is 18.7 Å². The second kappa shape index (κ2) is 10.7. The van der Waals surface area contributed by atoms with Crippen LogP contribution in [0.5, 0.6) is 5.75 Å². The van der Waals surface area contributed by atoms with Crippen molar-refractivity contribution in [2.45, 2.75) is 64.1 Å². The fourth-order valence-electron chi connectivity index (χ4n) is 3.76. The summed E-state index contributed by atoms with van der Waals surface area (Å²) in [6.45, 7) is 2.63. The number of Topliss-reactive ketones (excluding diaryl/α,β-unsaturated/α-hetero) is 1. The van der Waals surface area contributed by atoms with Gasteiger partial charge >= 0.3 is 12.1 Å². The summed E-state index contributed by atoms with van der Waals surface area (Å²) in [5.74, 6) is -0.679. The lowest BCUT2D eigenvalue weighted by atomic mass is 10.1. The lowest BCUT2D eigenvalue weighted by Gasteiger charge is -2.14. The molecule has 33 heavy (non-hydrogen) atoms. The molecule has 0 aliphatic carbocycles. The van der Waals surface area contributed by atoms with E-state index in [9.17, 15) is 18.0 Å². The normalized spacial score (nSPS) is 16.4. The van der Waals surface area contributed by atoms with Crippen molar-refractivity contribution in [3.05, 3.63) is 29.7 Å². The number of carbonyl (C=O) groups excluding carboxylic acids is 1. The summed E-state index contributed by atoms with van der Waals surface area (Å²) in [5, 5.41) is 3.76. The molecule has 0 bridgehead atoms. The van der Waals surface area contributed by atoms with Gasteiger partial charge in [0, 0.05) is 12.0 Å². The minimum atomic E-state index is -4.62. The van der Waals surface area contributed by atoms with Crippen molar-refractivity contribution in [2.24, 2.45) is 11.5 Å². The van der Waals surface area contributed by atoms with Crippen LogP contribution in [0.2, 0.25) is 0 Å². The first-order chi connectivity index (χ1) is 15.7. The number of guanidine groups is 1. The van der Waals surface area contributed by atoms with Crippen molar-refractivity contribution >= 4 is 11.7 Å². The number of unbranched alkanes of at least 4 members (excludes halogenated alkanes) is 5. The fourth-order valence-corrected chi connectivity index (χ4v) is 3.76. The number of nitrogens with zero attached hydrogens (tertiary/aromatic N) is 3. The molecule has 0 amide bonds. The number of nitrogens with two attached hydrogens (primary N) is 2. The molecule has 180 valence electrons. The Kier molecular flexibility index (Phi) is 7.93. The molecule has 4 N–H and O–H groups in total. The number of rotatable bonds is 10. The highest BCUT2D eigenvalue weighted by Crippen LogP contribution is 2.39. The van der Waals surface area contributed by atoms with Gasteiger partial charge in [-0.1, -0.05) is 44.2 Å². The van der Waals surface area contributed by atoms with E-state index in [0.717, 1.165) is 38.2 Å². The number of halogens is 3. The summed E-state index contributed by atoms with van der Waals surface area (Å²) >= 11 is 0. The number of alkyl halides is 3. The van der Waals surface area contributed by atoms with E-state index in [2.05, 4.69) is 17.1 Å². The van der Waals surface area contributed by atoms with E-state index < -0.39 is 17.8 Å². The molecular weight excluding hydrogens is 439 g/mol. The largest absolute Gasteiger partial charge is 0.493 e. The Hall–Kier alpha value is -3.11. The first-order valence-corrected chi connectivity index (χ1v) is 11.1. The van der Waals surface area contributed by atoms with Crippen molar-refractivity contribution in [1.82, 2.24) is 10.1 Å². The summed E-state index contributed by atoms with van der Waals surface area (Å²) in [4.78, 5) is 16.3. The number of benzene rings is 1. The van der Waals surface area contributed by atoms with Crippen LogP contribution in [-0.2, 0) is 11.0 Å². The number of aromatic nitrogens is 2. The molecule has 0 spiro atoms. The molecule has 1 aliphatic heterocycles. The van der Waals surface area contributed by atoms with Crippen LogP contribution in [0.25, 0.3) is 11.4 Å². The van der Waals surface area contributed by atoms with Crippen LogP contribution < -0.4 is 16.2 Å². The molecular formula is C22H29F3N5O3+. The van der Waals surface area contributed by atoms with Gasteiger partial charge in [-0.3, -0.25) is 16.3 Å². The summed E-state index contributed by atoms with van der Waals surface area (Å²) < 4.78 is 53.0. The summed E-state index contributed by atoms with van der Waals surface area (Å²) in [7, 11) is 0. The Balaban J connectivity index is 1.76. The van der Waals surface area contributed by atoms with Crippen molar-refractivity contribution in [2.75, 3.05) is 13.2 Å². The topological polar surface area (TPSA) is 120 Å². The third kappa shape index (κ3) is 6.02. The fraction of sp³-hybridized carbons (Fsp3) is 0.545. The van der Waals surface area contributed by atoms with Gasteiger partial charge < -0.3 is 9.26 Å². The molecule has 1 aromatic heterocycles. The first-order valence-electron chi connectivity index (χ1n) is 11.1. The first kappa shape index (κ1) is 24.5. The van der Waals surface area contributed by atoms with Gasteiger partial charge in [-0.15, -0.1) is 0 Å². The zero-order chi connectivity index (χ0) is 24.0. The Morgan fingerprint density at radius 2 is 1.94 bits per heavy atom. The van der Waals surface area contributed by atoms with Gasteiger partial charge in [0.2, 0.25) is 11.9 Å². The van der Waals surface area contributed by atoms with Crippen LogP contribution in [0.1, 0.15) is 69.4 Å². The second-order valence-corrected chi connectivity index (χ2v) is 8.02. The van der Waals surface area contributed by atoms with Crippen LogP contribution in [0.15, 0.2) is 22.7 Å². The summed E-state index contributed by atoms with van der Waals surface area (Å²) in [5.41, 5.74) is 10.4. The molecule has 0 unspecified atom stereocenters. The van der Waals surface area contributed by atoms with Crippen LogP contribution in [0.3, 0.4) is 0 Å². The van der Waals surface area contributed by atoms with E-state index in [1.54, 1.807) is 0 Å². The highest BCUT2D eigenvalue weighted by molar-refractivity contribution is 5.86. The van der Waals surface area contributed by atoms with Crippen LogP contribution in [-0.4, -0.2) is 39.6 Å². The van der Waals surface area contributed by atoms with E-state index in [-0.39, 0.29) is 47.8 Å². The second-order valence-electron chi connectivity index (χ2n) is 8.02. The van der Waals surface area contributed by atoms with E-state index in [0.29, 0.717) is 13.0 Å². The summed E-state index contributed by atoms with van der Waals surface area (Å²) in [6, 6.07) is 2.66. The van der Waals surface area contributed by atoms with Crippen molar-refractivity contribution in [3.63, 3.8) is 0 Å². The predicted octanol–water partition coefficient (Wildman–Crippen LogP) is 3.79.